The van der Waals surface area contributed by atoms with E-state index in [4.69, 9.17) is 5.11 Å². The molecule has 0 atom stereocenters. The molecule has 1 rings (SSSR count). The lowest BCUT2D eigenvalue weighted by atomic mass is 9.97. The Bertz CT molecular complexity index is 161. The van der Waals surface area contributed by atoms with Gasteiger partial charge in [0.15, 0.2) is 0 Å². The van der Waals surface area contributed by atoms with Crippen molar-refractivity contribution in [2.24, 2.45) is 5.92 Å². The molecule has 14 heavy (non-hydrogen) atoms. The first-order valence-electron chi connectivity index (χ1n) is 4.94. The number of nitrogens with one attached hydrogen (secondary N) is 2. The molecule has 0 aromatic rings. The van der Waals surface area contributed by atoms with Crippen molar-refractivity contribution >= 4 is 18.3 Å². The van der Waals surface area contributed by atoms with Gasteiger partial charge in [0.25, 0.3) is 0 Å². The first-order valence-corrected chi connectivity index (χ1v) is 4.94. The fraction of sp³-hybridized carbons (Fsp3) is 0.889. The van der Waals surface area contributed by atoms with Gasteiger partial charge in [0.1, 0.15) is 0 Å². The molecular weight excluding hydrogens is 204 g/mol. The topological polar surface area (TPSA) is 61.4 Å². The first-order chi connectivity index (χ1) is 6.34. The lowest BCUT2D eigenvalue weighted by Crippen LogP contribution is -2.38. The molecule has 0 aromatic carbocycles. The summed E-state index contributed by atoms with van der Waals surface area (Å²) in [5, 5.41) is 14.6. The second kappa shape index (κ2) is 8.03. The average molecular weight is 223 g/mol. The van der Waals surface area contributed by atoms with E-state index in [1.165, 1.54) is 0 Å². The highest BCUT2D eigenvalue weighted by atomic mass is 35.5. The maximum Gasteiger partial charge on any atom is 0.223 e. The van der Waals surface area contributed by atoms with Gasteiger partial charge in [-0.3, -0.25) is 4.79 Å². The zero-order chi connectivity index (χ0) is 9.52. The first kappa shape index (κ1) is 13.7. The maximum absolute atomic E-state index is 11.5. The van der Waals surface area contributed by atoms with Gasteiger partial charge in [-0.25, -0.2) is 0 Å². The van der Waals surface area contributed by atoms with Crippen molar-refractivity contribution in [3.05, 3.63) is 0 Å². The third-order valence-corrected chi connectivity index (χ3v) is 2.34. The van der Waals surface area contributed by atoms with Crippen LogP contribution in [0.25, 0.3) is 0 Å². The van der Waals surface area contributed by atoms with Crippen molar-refractivity contribution in [2.45, 2.75) is 19.3 Å². The fourth-order valence-corrected chi connectivity index (χ4v) is 1.52. The Morgan fingerprint density at radius 1 is 1.43 bits per heavy atom. The number of hydrogen-bond donors (Lipinski definition) is 3. The molecule has 0 unspecified atom stereocenters. The second-order valence-electron chi connectivity index (χ2n) is 3.39. The molecule has 0 bridgehead atoms. The molecule has 3 N–H and O–H groups in total. The summed E-state index contributed by atoms with van der Waals surface area (Å²) in [6.07, 6.45) is 2.52. The number of amides is 1. The van der Waals surface area contributed by atoms with Crippen LogP contribution in [0.1, 0.15) is 19.3 Å². The Kier molecular flexibility index (Phi) is 7.84. The van der Waals surface area contributed by atoms with Gasteiger partial charge in [0.2, 0.25) is 5.91 Å². The Morgan fingerprint density at radius 2 is 2.07 bits per heavy atom. The Labute approximate surface area is 90.9 Å². The summed E-state index contributed by atoms with van der Waals surface area (Å²) >= 11 is 0. The third kappa shape index (κ3) is 4.79. The minimum absolute atomic E-state index is 0. The molecule has 1 aliphatic heterocycles. The van der Waals surface area contributed by atoms with Crippen molar-refractivity contribution < 1.29 is 9.90 Å². The van der Waals surface area contributed by atoms with Crippen LogP contribution in [-0.4, -0.2) is 37.3 Å². The number of aliphatic hydroxyl groups excluding tert-OH is 1. The van der Waals surface area contributed by atoms with Gasteiger partial charge >= 0.3 is 0 Å². The number of carbonyl (C=O) groups excluding carboxylic acids is 1. The van der Waals surface area contributed by atoms with Crippen molar-refractivity contribution in [1.29, 1.82) is 0 Å². The Hall–Kier alpha value is -0.320. The maximum atomic E-state index is 11.5. The SMILES string of the molecule is Cl.O=C(NCCCO)C1CCNCC1. The number of carbonyl (C=O) groups is 1. The molecule has 0 aliphatic carbocycles. The van der Waals surface area contributed by atoms with E-state index in [9.17, 15) is 4.79 Å². The highest BCUT2D eigenvalue weighted by molar-refractivity contribution is 5.85. The zero-order valence-corrected chi connectivity index (χ0v) is 9.11. The van der Waals surface area contributed by atoms with Crippen molar-refractivity contribution in [1.82, 2.24) is 10.6 Å². The third-order valence-electron chi connectivity index (χ3n) is 2.34. The number of halogens is 1. The van der Waals surface area contributed by atoms with Crippen LogP contribution >= 0.6 is 12.4 Å². The molecule has 0 saturated carbocycles. The van der Waals surface area contributed by atoms with Gasteiger partial charge in [0.05, 0.1) is 0 Å². The molecule has 1 amide bonds. The van der Waals surface area contributed by atoms with Gasteiger partial charge in [-0.1, -0.05) is 0 Å². The monoisotopic (exact) mass is 222 g/mol. The van der Waals surface area contributed by atoms with E-state index in [0.29, 0.717) is 13.0 Å². The van der Waals surface area contributed by atoms with E-state index in [1.807, 2.05) is 0 Å². The quantitative estimate of drug-likeness (QED) is 0.583. The van der Waals surface area contributed by atoms with Crippen LogP contribution in [0.15, 0.2) is 0 Å². The highest BCUT2D eigenvalue weighted by Crippen LogP contribution is 2.10. The summed E-state index contributed by atoms with van der Waals surface area (Å²) in [6.45, 7) is 2.63. The molecule has 84 valence electrons. The molecule has 5 heteroatoms. The Morgan fingerprint density at radius 3 is 2.64 bits per heavy atom. The standard InChI is InChI=1S/C9H18N2O2.ClH/c12-7-1-4-11-9(13)8-2-5-10-6-3-8;/h8,10,12H,1-7H2,(H,11,13);1H. The van der Waals surface area contributed by atoms with Gasteiger partial charge in [-0.15, -0.1) is 12.4 Å². The molecule has 0 radical (unpaired) electrons. The summed E-state index contributed by atoms with van der Waals surface area (Å²) in [5.41, 5.74) is 0. The van der Waals surface area contributed by atoms with Crippen LogP contribution in [0, 0.1) is 5.92 Å². The Balaban J connectivity index is 0.00000169. The van der Waals surface area contributed by atoms with E-state index < -0.39 is 0 Å². The fourth-order valence-electron chi connectivity index (χ4n) is 1.52. The molecule has 1 fully saturated rings. The molecule has 0 aromatic heterocycles. The summed E-state index contributed by atoms with van der Waals surface area (Å²) in [4.78, 5) is 11.5. The lowest BCUT2D eigenvalue weighted by Gasteiger charge is -2.21. The summed E-state index contributed by atoms with van der Waals surface area (Å²) in [5.74, 6) is 0.329. The zero-order valence-electron chi connectivity index (χ0n) is 8.29. The summed E-state index contributed by atoms with van der Waals surface area (Å²) in [6, 6.07) is 0. The van der Waals surface area contributed by atoms with E-state index in [2.05, 4.69) is 10.6 Å². The minimum Gasteiger partial charge on any atom is -0.396 e. The van der Waals surface area contributed by atoms with Crippen LogP contribution in [0.3, 0.4) is 0 Å². The minimum atomic E-state index is 0. The van der Waals surface area contributed by atoms with Crippen molar-refractivity contribution in [2.75, 3.05) is 26.2 Å². The normalized spacial score (nSPS) is 17.2. The average Bonchev–Trinajstić information content (AvgIpc) is 2.19. The molecule has 0 spiro atoms. The van der Waals surface area contributed by atoms with Crippen LogP contribution in [0.4, 0.5) is 0 Å². The van der Waals surface area contributed by atoms with Gasteiger partial charge < -0.3 is 15.7 Å². The van der Waals surface area contributed by atoms with E-state index in [-0.39, 0.29) is 30.8 Å². The van der Waals surface area contributed by atoms with Crippen LogP contribution in [0.2, 0.25) is 0 Å². The number of aliphatic hydroxyl groups is 1. The largest absolute Gasteiger partial charge is 0.396 e. The smallest absolute Gasteiger partial charge is 0.223 e. The predicted octanol–water partition coefficient (Wildman–Crippen LogP) is -0.0936. The molecule has 1 heterocycles. The van der Waals surface area contributed by atoms with Crippen LogP contribution in [-0.2, 0) is 4.79 Å². The van der Waals surface area contributed by atoms with Crippen molar-refractivity contribution in [3.63, 3.8) is 0 Å². The number of piperidine rings is 1. The van der Waals surface area contributed by atoms with Gasteiger partial charge in [-0.2, -0.15) is 0 Å². The van der Waals surface area contributed by atoms with Gasteiger partial charge in [0, 0.05) is 19.1 Å². The molecule has 1 saturated heterocycles. The lowest BCUT2D eigenvalue weighted by molar-refractivity contribution is -0.125. The van der Waals surface area contributed by atoms with E-state index in [1.54, 1.807) is 0 Å². The highest BCUT2D eigenvalue weighted by Gasteiger charge is 2.19. The summed E-state index contributed by atoms with van der Waals surface area (Å²) in [7, 11) is 0. The number of hydrogen-bond acceptors (Lipinski definition) is 3. The summed E-state index contributed by atoms with van der Waals surface area (Å²) < 4.78 is 0. The van der Waals surface area contributed by atoms with E-state index >= 15 is 0 Å². The number of rotatable bonds is 4. The molecular formula is C9H19ClN2O2. The van der Waals surface area contributed by atoms with Crippen LogP contribution in [0.5, 0.6) is 0 Å². The van der Waals surface area contributed by atoms with Crippen molar-refractivity contribution in [3.8, 4) is 0 Å². The van der Waals surface area contributed by atoms with E-state index in [0.717, 1.165) is 25.9 Å². The molecule has 1 aliphatic rings. The predicted molar refractivity (Wildman–Crippen MR) is 57.6 cm³/mol. The molecule has 4 nitrogen and oxygen atoms in total. The second-order valence-corrected chi connectivity index (χ2v) is 3.39. The van der Waals surface area contributed by atoms with Crippen LogP contribution < -0.4 is 10.6 Å². The van der Waals surface area contributed by atoms with Gasteiger partial charge in [-0.05, 0) is 32.4 Å².